The van der Waals surface area contributed by atoms with Gasteiger partial charge in [-0.1, -0.05) is 29.8 Å². The molecule has 1 aromatic heterocycles. The van der Waals surface area contributed by atoms with E-state index in [2.05, 4.69) is 25.5 Å². The maximum absolute atomic E-state index is 6.26. The van der Waals surface area contributed by atoms with E-state index in [-0.39, 0.29) is 24.0 Å². The molecule has 0 spiro atoms. The number of ether oxygens (including phenoxy) is 1. The minimum atomic E-state index is 0. The van der Waals surface area contributed by atoms with E-state index in [9.17, 15) is 0 Å². The summed E-state index contributed by atoms with van der Waals surface area (Å²) in [6.07, 6.45) is 3.70. The normalized spacial score (nSPS) is 16.4. The largest absolute Gasteiger partial charge is 0.494 e. The molecule has 2 aromatic rings. The Balaban J connectivity index is 0.00000280. The molecule has 1 fully saturated rings. The number of hydrogen-bond donors (Lipinski definition) is 2. The highest BCUT2D eigenvalue weighted by atomic mass is 127. The highest BCUT2D eigenvalue weighted by Gasteiger charge is 2.25. The zero-order chi connectivity index (χ0) is 18.9. The number of guanidine groups is 1. The number of para-hydroxylation sites is 1. The van der Waals surface area contributed by atoms with E-state index in [1.807, 2.05) is 42.5 Å². The molecule has 0 radical (unpaired) electrons. The van der Waals surface area contributed by atoms with Crippen LogP contribution in [0.25, 0.3) is 0 Å². The molecule has 1 aliphatic heterocycles. The summed E-state index contributed by atoms with van der Waals surface area (Å²) >= 11 is 6.26. The van der Waals surface area contributed by atoms with Gasteiger partial charge in [-0.3, -0.25) is 4.99 Å². The van der Waals surface area contributed by atoms with E-state index in [0.29, 0.717) is 17.7 Å². The molecule has 1 unspecified atom stereocenters. The van der Waals surface area contributed by atoms with E-state index >= 15 is 0 Å². The Bertz CT molecular complexity index is 746. The summed E-state index contributed by atoms with van der Waals surface area (Å²) in [6, 6.07) is 13.9. The van der Waals surface area contributed by atoms with Crippen molar-refractivity contribution >= 4 is 47.4 Å². The van der Waals surface area contributed by atoms with E-state index in [4.69, 9.17) is 16.3 Å². The summed E-state index contributed by atoms with van der Waals surface area (Å²) in [5.41, 5.74) is 0. The van der Waals surface area contributed by atoms with Crippen molar-refractivity contribution in [1.29, 1.82) is 0 Å². The van der Waals surface area contributed by atoms with Crippen LogP contribution in [-0.2, 0) is 0 Å². The van der Waals surface area contributed by atoms with Crippen LogP contribution in [0.4, 0.5) is 5.82 Å². The van der Waals surface area contributed by atoms with Gasteiger partial charge < -0.3 is 20.3 Å². The molecule has 0 aliphatic carbocycles. The average Bonchev–Trinajstić information content (AvgIpc) is 3.16. The third-order valence-corrected chi connectivity index (χ3v) is 4.71. The average molecular weight is 516 g/mol. The van der Waals surface area contributed by atoms with Crippen molar-refractivity contribution in [2.24, 2.45) is 4.99 Å². The number of rotatable bonds is 7. The van der Waals surface area contributed by atoms with Gasteiger partial charge in [0.15, 0.2) is 5.96 Å². The number of pyridine rings is 1. The van der Waals surface area contributed by atoms with Gasteiger partial charge in [0.25, 0.3) is 0 Å². The molecule has 0 bridgehead atoms. The van der Waals surface area contributed by atoms with E-state index in [1.54, 1.807) is 13.2 Å². The molecule has 1 saturated heterocycles. The van der Waals surface area contributed by atoms with Gasteiger partial charge in [0.1, 0.15) is 11.6 Å². The Labute approximate surface area is 188 Å². The van der Waals surface area contributed by atoms with Crippen LogP contribution in [0.5, 0.6) is 5.75 Å². The van der Waals surface area contributed by atoms with Crippen LogP contribution < -0.4 is 20.3 Å². The number of halogens is 2. The molecule has 3 rings (SSSR count). The predicted octanol–water partition coefficient (Wildman–Crippen LogP) is 3.57. The molecule has 6 nitrogen and oxygen atoms in total. The first-order valence-electron chi connectivity index (χ1n) is 9.27. The Morgan fingerprint density at radius 2 is 2.11 bits per heavy atom. The molecule has 2 heterocycles. The summed E-state index contributed by atoms with van der Waals surface area (Å²) in [6.45, 7) is 3.25. The fraction of sp³-hybridized carbons (Fsp3) is 0.400. The molecule has 28 heavy (non-hydrogen) atoms. The van der Waals surface area contributed by atoms with Gasteiger partial charge in [-0.25, -0.2) is 4.98 Å². The topological polar surface area (TPSA) is 61.8 Å². The number of aliphatic imine (C=N–C) groups is 1. The number of aromatic nitrogens is 1. The SMILES string of the molecule is CN=C(NCCCOc1ccccc1)NC1CCN(c2ncccc2Cl)C1.I. The van der Waals surface area contributed by atoms with Crippen molar-refractivity contribution in [3.05, 3.63) is 53.7 Å². The van der Waals surface area contributed by atoms with Crippen LogP contribution >= 0.6 is 35.6 Å². The molecule has 1 aromatic carbocycles. The third-order valence-electron chi connectivity index (χ3n) is 4.42. The molecule has 0 saturated carbocycles. The minimum Gasteiger partial charge on any atom is -0.494 e. The van der Waals surface area contributed by atoms with E-state index in [0.717, 1.165) is 50.0 Å². The quantitative estimate of drug-likeness (QED) is 0.256. The van der Waals surface area contributed by atoms with E-state index in [1.165, 1.54) is 0 Å². The highest BCUT2D eigenvalue weighted by molar-refractivity contribution is 14.0. The second kappa shape index (κ2) is 12.0. The molecular formula is C20H27ClIN5O. The number of anilines is 1. The van der Waals surface area contributed by atoms with E-state index < -0.39 is 0 Å². The molecule has 8 heteroatoms. The second-order valence-corrected chi connectivity index (χ2v) is 6.81. The van der Waals surface area contributed by atoms with Crippen LogP contribution in [-0.4, -0.2) is 50.3 Å². The van der Waals surface area contributed by atoms with Gasteiger partial charge in [0.2, 0.25) is 0 Å². The maximum atomic E-state index is 6.26. The number of benzene rings is 1. The Kier molecular flexibility index (Phi) is 9.63. The Hall–Kier alpha value is -1.74. The van der Waals surface area contributed by atoms with Gasteiger partial charge in [-0.05, 0) is 37.1 Å². The molecular weight excluding hydrogens is 489 g/mol. The van der Waals surface area contributed by atoms with Gasteiger partial charge in [0, 0.05) is 38.9 Å². The number of nitrogens with one attached hydrogen (secondary N) is 2. The zero-order valence-corrected chi connectivity index (χ0v) is 19.1. The first-order valence-corrected chi connectivity index (χ1v) is 9.64. The van der Waals surface area contributed by atoms with Crippen LogP contribution in [0.15, 0.2) is 53.7 Å². The standard InChI is InChI=1S/C20H26ClN5O.HI/c1-22-20(24-12-6-14-27-17-7-3-2-4-8-17)25-16-10-13-26(15-16)19-18(21)9-5-11-23-19;/h2-5,7-9,11,16H,6,10,12-15H2,1H3,(H2,22,24,25);1H. The fourth-order valence-electron chi connectivity index (χ4n) is 3.05. The lowest BCUT2D eigenvalue weighted by Gasteiger charge is -2.20. The Morgan fingerprint density at radius 1 is 1.29 bits per heavy atom. The van der Waals surface area contributed by atoms with Gasteiger partial charge in [-0.2, -0.15) is 0 Å². The van der Waals surface area contributed by atoms with Gasteiger partial charge in [-0.15, -0.1) is 24.0 Å². The summed E-state index contributed by atoms with van der Waals surface area (Å²) in [5.74, 6) is 2.57. The maximum Gasteiger partial charge on any atom is 0.191 e. The summed E-state index contributed by atoms with van der Waals surface area (Å²) in [4.78, 5) is 10.9. The Morgan fingerprint density at radius 3 is 2.86 bits per heavy atom. The van der Waals surface area contributed by atoms with Crippen molar-refractivity contribution in [1.82, 2.24) is 15.6 Å². The monoisotopic (exact) mass is 515 g/mol. The van der Waals surface area contributed by atoms with Crippen molar-refractivity contribution in [2.75, 3.05) is 38.2 Å². The van der Waals surface area contributed by atoms with Crippen molar-refractivity contribution in [3.8, 4) is 5.75 Å². The molecule has 1 atom stereocenters. The van der Waals surface area contributed by atoms with Crippen LogP contribution in [0.2, 0.25) is 5.02 Å². The third kappa shape index (κ3) is 6.70. The summed E-state index contributed by atoms with van der Waals surface area (Å²) < 4.78 is 5.70. The molecule has 152 valence electrons. The van der Waals surface area contributed by atoms with Crippen LogP contribution in [0.1, 0.15) is 12.8 Å². The first-order chi connectivity index (χ1) is 13.3. The molecule has 1 aliphatic rings. The zero-order valence-electron chi connectivity index (χ0n) is 16.0. The van der Waals surface area contributed by atoms with Gasteiger partial charge in [0.05, 0.1) is 11.6 Å². The lowest BCUT2D eigenvalue weighted by molar-refractivity contribution is 0.311. The lowest BCUT2D eigenvalue weighted by Crippen LogP contribution is -2.45. The van der Waals surface area contributed by atoms with Crippen LogP contribution in [0.3, 0.4) is 0 Å². The fourth-order valence-corrected chi connectivity index (χ4v) is 3.30. The van der Waals surface area contributed by atoms with Crippen molar-refractivity contribution in [3.63, 3.8) is 0 Å². The number of nitrogens with zero attached hydrogens (tertiary/aromatic N) is 3. The van der Waals surface area contributed by atoms with Crippen molar-refractivity contribution in [2.45, 2.75) is 18.9 Å². The van der Waals surface area contributed by atoms with Crippen molar-refractivity contribution < 1.29 is 4.74 Å². The second-order valence-electron chi connectivity index (χ2n) is 6.40. The smallest absolute Gasteiger partial charge is 0.191 e. The minimum absolute atomic E-state index is 0. The predicted molar refractivity (Wildman–Crippen MR) is 126 cm³/mol. The summed E-state index contributed by atoms with van der Waals surface area (Å²) in [7, 11) is 1.79. The lowest BCUT2D eigenvalue weighted by atomic mass is 10.3. The highest BCUT2D eigenvalue weighted by Crippen LogP contribution is 2.25. The van der Waals surface area contributed by atoms with Crippen LogP contribution in [0, 0.1) is 0 Å². The van der Waals surface area contributed by atoms with Gasteiger partial charge >= 0.3 is 0 Å². The molecule has 2 N–H and O–H groups in total. The summed E-state index contributed by atoms with van der Waals surface area (Å²) in [5, 5.41) is 7.52. The number of hydrogen-bond acceptors (Lipinski definition) is 4. The first kappa shape index (κ1) is 22.5. The molecule has 0 amide bonds.